The van der Waals surface area contributed by atoms with E-state index in [1.807, 2.05) is 6.08 Å². The Balaban J connectivity index is 2.40. The van der Waals surface area contributed by atoms with Gasteiger partial charge in [0.1, 0.15) is 0 Å². The lowest BCUT2D eigenvalue weighted by atomic mass is 9.70. The maximum atomic E-state index is 3.42. The summed E-state index contributed by atoms with van der Waals surface area (Å²) in [6.07, 6.45) is 7.70. The van der Waals surface area contributed by atoms with Gasteiger partial charge in [-0.3, -0.25) is 0 Å². The molecule has 0 fully saturated rings. The minimum absolute atomic E-state index is 0.298. The zero-order valence-electron chi connectivity index (χ0n) is 12.3. The summed E-state index contributed by atoms with van der Waals surface area (Å²) in [5.41, 5.74) is 6.77. The Labute approximate surface area is 115 Å². The first kappa shape index (κ1) is 12.5. The van der Waals surface area contributed by atoms with Gasteiger partial charge in [-0.15, -0.1) is 5.73 Å². The van der Waals surface area contributed by atoms with Gasteiger partial charge in [-0.25, -0.2) is 0 Å². The second-order valence-corrected chi connectivity index (χ2v) is 6.75. The number of hydrogen-bond acceptors (Lipinski definition) is 0. The van der Waals surface area contributed by atoms with Crippen LogP contribution in [0.15, 0.2) is 36.4 Å². The van der Waals surface area contributed by atoms with E-state index in [-0.39, 0.29) is 0 Å². The molecule has 0 heteroatoms. The highest BCUT2D eigenvalue weighted by Crippen LogP contribution is 2.47. The maximum Gasteiger partial charge on any atom is 0.0242 e. The predicted octanol–water partition coefficient (Wildman–Crippen LogP) is 3.51. The van der Waals surface area contributed by atoms with Crippen LogP contribution in [0.2, 0.25) is 0 Å². The lowest BCUT2D eigenvalue weighted by molar-refractivity contribution is 0.272. The molecule has 1 aromatic rings. The minimum Gasteiger partial charge on any atom is -0.112 e. The lowest BCUT2D eigenvalue weighted by Gasteiger charge is -2.34. The Kier molecular flexibility index (Phi) is 2.80. The van der Waals surface area contributed by atoms with Gasteiger partial charge in [-0.05, 0) is 52.2 Å². The highest BCUT2D eigenvalue weighted by Gasteiger charge is 2.39. The maximum absolute atomic E-state index is 3.42. The molecule has 19 heavy (non-hydrogen) atoms. The van der Waals surface area contributed by atoms with Gasteiger partial charge in [0.2, 0.25) is 0 Å². The van der Waals surface area contributed by atoms with Gasteiger partial charge in [0, 0.05) is 5.22 Å². The molecule has 0 aliphatic heterocycles. The largest absolute Gasteiger partial charge is 0.112 e. The van der Waals surface area contributed by atoms with E-state index in [4.69, 9.17) is 0 Å². The Bertz CT molecular complexity index is 689. The van der Waals surface area contributed by atoms with E-state index >= 15 is 0 Å². The summed E-state index contributed by atoms with van der Waals surface area (Å²) in [6, 6.07) is 6.71. The normalized spacial score (nSPS) is 24.1. The van der Waals surface area contributed by atoms with Gasteiger partial charge >= 0.3 is 0 Å². The van der Waals surface area contributed by atoms with Gasteiger partial charge in [-0.2, -0.15) is 0 Å². The van der Waals surface area contributed by atoms with Crippen molar-refractivity contribution in [1.82, 2.24) is 0 Å². The first-order chi connectivity index (χ1) is 9.04. The van der Waals surface area contributed by atoms with Crippen LogP contribution in [0.3, 0.4) is 0 Å². The summed E-state index contributed by atoms with van der Waals surface area (Å²) in [5, 5.41) is 2.72. The van der Waals surface area contributed by atoms with Crippen LogP contribution in [0.25, 0.3) is 11.3 Å². The van der Waals surface area contributed by atoms with Crippen LogP contribution in [-0.4, -0.2) is 0 Å². The zero-order valence-corrected chi connectivity index (χ0v) is 12.3. The lowest BCUT2D eigenvalue weighted by Crippen LogP contribution is -2.29. The average Bonchev–Trinajstić information content (AvgIpc) is 2.52. The summed E-state index contributed by atoms with van der Waals surface area (Å²) in [5.74, 6) is 1.26. The van der Waals surface area contributed by atoms with Crippen LogP contribution < -0.4 is 10.4 Å². The number of allylic oxidation sites excluding steroid dienone is 3. The van der Waals surface area contributed by atoms with E-state index < -0.39 is 0 Å². The first-order valence-corrected chi connectivity index (χ1v) is 7.30. The Morgan fingerprint density at radius 3 is 2.68 bits per heavy atom. The highest BCUT2D eigenvalue weighted by molar-refractivity contribution is 5.68. The van der Waals surface area contributed by atoms with Crippen molar-refractivity contribution in [3.8, 4) is 0 Å². The van der Waals surface area contributed by atoms with Crippen molar-refractivity contribution < 1.29 is 0 Å². The molecular formula is C19H22. The molecular weight excluding hydrogens is 228 g/mol. The van der Waals surface area contributed by atoms with Crippen molar-refractivity contribution in [2.24, 2.45) is 11.3 Å². The quantitative estimate of drug-likeness (QED) is 0.715. The molecule has 2 atom stereocenters. The van der Waals surface area contributed by atoms with Crippen molar-refractivity contribution in [3.63, 3.8) is 0 Å². The second-order valence-electron chi connectivity index (χ2n) is 6.75. The molecule has 0 saturated carbocycles. The van der Waals surface area contributed by atoms with Gasteiger partial charge < -0.3 is 0 Å². The van der Waals surface area contributed by atoms with E-state index in [1.54, 1.807) is 0 Å². The summed E-state index contributed by atoms with van der Waals surface area (Å²) in [7, 11) is 0. The Morgan fingerprint density at radius 2 is 2.00 bits per heavy atom. The van der Waals surface area contributed by atoms with E-state index in [1.165, 1.54) is 28.0 Å². The monoisotopic (exact) mass is 250 g/mol. The molecule has 1 aromatic carbocycles. The van der Waals surface area contributed by atoms with Gasteiger partial charge in [0.25, 0.3) is 0 Å². The average molecular weight is 250 g/mol. The summed E-state index contributed by atoms with van der Waals surface area (Å²) in [6.45, 7) is 9.43. The fourth-order valence-corrected chi connectivity index (χ4v) is 3.88. The fraction of sp³-hybridized carbons (Fsp3) is 0.421. The molecule has 0 radical (unpaired) electrons. The SMILES string of the molecule is CCC1C2=c3c(cccc3=C=CC=C2)C1C(C)(C)C. The fourth-order valence-electron chi connectivity index (χ4n) is 3.88. The van der Waals surface area contributed by atoms with Crippen molar-refractivity contribution in [1.29, 1.82) is 0 Å². The molecule has 2 aliphatic carbocycles. The molecule has 0 saturated heterocycles. The van der Waals surface area contributed by atoms with Crippen LogP contribution in [0.1, 0.15) is 45.6 Å². The molecule has 98 valence electrons. The third-order valence-electron chi connectivity index (χ3n) is 4.51. The van der Waals surface area contributed by atoms with Crippen LogP contribution in [0.4, 0.5) is 0 Å². The predicted molar refractivity (Wildman–Crippen MR) is 82.2 cm³/mol. The summed E-state index contributed by atoms with van der Waals surface area (Å²) < 4.78 is 0. The Hall–Kier alpha value is -1.52. The van der Waals surface area contributed by atoms with E-state index in [0.29, 0.717) is 17.3 Å². The first-order valence-electron chi connectivity index (χ1n) is 7.30. The number of hydrogen-bond donors (Lipinski definition) is 0. The van der Waals surface area contributed by atoms with Crippen LogP contribution in [0.5, 0.6) is 0 Å². The van der Waals surface area contributed by atoms with E-state index in [9.17, 15) is 0 Å². The topological polar surface area (TPSA) is 0 Å². The summed E-state index contributed by atoms with van der Waals surface area (Å²) in [4.78, 5) is 0. The molecule has 0 aromatic heterocycles. The van der Waals surface area contributed by atoms with Crippen LogP contribution in [0, 0.1) is 11.3 Å². The molecule has 2 unspecified atom stereocenters. The van der Waals surface area contributed by atoms with Crippen LogP contribution >= 0.6 is 0 Å². The smallest absolute Gasteiger partial charge is 0.0242 e. The van der Waals surface area contributed by atoms with Crippen LogP contribution in [-0.2, 0) is 0 Å². The third-order valence-corrected chi connectivity index (χ3v) is 4.51. The van der Waals surface area contributed by atoms with Gasteiger partial charge in [0.05, 0.1) is 0 Å². The zero-order chi connectivity index (χ0) is 13.6. The number of benzene rings is 1. The van der Waals surface area contributed by atoms with Crippen molar-refractivity contribution >= 4 is 11.3 Å². The molecule has 0 bridgehead atoms. The van der Waals surface area contributed by atoms with Crippen molar-refractivity contribution in [2.75, 3.05) is 0 Å². The number of rotatable bonds is 1. The molecule has 0 spiro atoms. The van der Waals surface area contributed by atoms with E-state index in [0.717, 1.165) is 0 Å². The Morgan fingerprint density at radius 1 is 1.21 bits per heavy atom. The summed E-state index contributed by atoms with van der Waals surface area (Å²) >= 11 is 0. The van der Waals surface area contributed by atoms with Crippen molar-refractivity contribution in [2.45, 2.75) is 40.0 Å². The van der Waals surface area contributed by atoms with Gasteiger partial charge in [0.15, 0.2) is 0 Å². The molecule has 3 rings (SSSR count). The second kappa shape index (κ2) is 4.25. The molecule has 0 heterocycles. The molecule has 2 aliphatic rings. The standard InChI is InChI=1S/C19H22/c1-5-14-15-11-7-6-9-13-10-8-12-16(17(13)15)18(14)19(2,3)4/h6-8,10-12,14,18H,5H2,1-4H3. The van der Waals surface area contributed by atoms with E-state index in [2.05, 4.69) is 63.8 Å². The highest BCUT2D eigenvalue weighted by atomic mass is 14.4. The van der Waals surface area contributed by atoms with Gasteiger partial charge in [-0.1, -0.05) is 52.0 Å². The van der Waals surface area contributed by atoms with Crippen molar-refractivity contribution in [3.05, 3.63) is 52.4 Å². The molecule has 0 nitrogen and oxygen atoms in total. The molecule has 0 N–H and O–H groups in total. The minimum atomic E-state index is 0.298. The molecule has 0 amide bonds. The third kappa shape index (κ3) is 1.83.